The van der Waals surface area contributed by atoms with Crippen molar-refractivity contribution in [3.8, 4) is 5.75 Å². The SMILES string of the molecule is CCOC(=O)Cn1c(=NC(=O)c2ccc([N+](=O)[O-])s2)sc2cccc(OCC)c21. The van der Waals surface area contributed by atoms with Crippen LogP contribution in [0.2, 0.25) is 0 Å². The quantitative estimate of drug-likeness (QED) is 0.319. The van der Waals surface area contributed by atoms with Gasteiger partial charge in [0.2, 0.25) is 0 Å². The lowest BCUT2D eigenvalue weighted by Gasteiger charge is -2.09. The second kappa shape index (κ2) is 8.97. The van der Waals surface area contributed by atoms with Crippen LogP contribution in [-0.2, 0) is 16.1 Å². The number of carbonyl (C=O) groups excluding carboxylic acids is 2. The van der Waals surface area contributed by atoms with Gasteiger partial charge in [0.15, 0.2) is 4.80 Å². The zero-order chi connectivity index (χ0) is 21.0. The first-order valence-corrected chi connectivity index (χ1v) is 10.3. The Labute approximate surface area is 173 Å². The maximum atomic E-state index is 12.6. The Morgan fingerprint density at radius 1 is 1.17 bits per heavy atom. The van der Waals surface area contributed by atoms with Gasteiger partial charge in [-0.2, -0.15) is 4.99 Å². The molecular weight excluding hydrogens is 418 g/mol. The van der Waals surface area contributed by atoms with Crippen LogP contribution in [-0.4, -0.2) is 34.6 Å². The summed E-state index contributed by atoms with van der Waals surface area (Å²) in [5.41, 5.74) is 0.635. The molecule has 0 spiro atoms. The zero-order valence-corrected chi connectivity index (χ0v) is 17.2. The normalized spacial score (nSPS) is 11.6. The van der Waals surface area contributed by atoms with Gasteiger partial charge in [-0.15, -0.1) is 0 Å². The number of fused-ring (bicyclic) bond motifs is 1. The van der Waals surface area contributed by atoms with E-state index in [-0.39, 0.29) is 27.8 Å². The van der Waals surface area contributed by atoms with Crippen LogP contribution in [0.4, 0.5) is 5.00 Å². The summed E-state index contributed by atoms with van der Waals surface area (Å²) in [4.78, 5) is 39.5. The van der Waals surface area contributed by atoms with E-state index in [4.69, 9.17) is 9.47 Å². The van der Waals surface area contributed by atoms with Gasteiger partial charge in [-0.25, -0.2) is 0 Å². The number of ether oxygens (including phenoxy) is 2. The van der Waals surface area contributed by atoms with E-state index >= 15 is 0 Å². The highest BCUT2D eigenvalue weighted by Gasteiger charge is 2.18. The van der Waals surface area contributed by atoms with Gasteiger partial charge in [-0.1, -0.05) is 28.7 Å². The van der Waals surface area contributed by atoms with Crippen molar-refractivity contribution >= 4 is 49.8 Å². The predicted molar refractivity (Wildman–Crippen MR) is 108 cm³/mol. The molecule has 0 atom stereocenters. The van der Waals surface area contributed by atoms with Crippen LogP contribution in [0.1, 0.15) is 23.5 Å². The number of hydrogen-bond acceptors (Lipinski definition) is 8. The summed E-state index contributed by atoms with van der Waals surface area (Å²) in [6.45, 7) is 4.06. The lowest BCUT2D eigenvalue weighted by molar-refractivity contribution is -0.380. The van der Waals surface area contributed by atoms with Crippen LogP contribution in [0.5, 0.6) is 5.75 Å². The Morgan fingerprint density at radius 2 is 1.97 bits per heavy atom. The summed E-state index contributed by atoms with van der Waals surface area (Å²) in [6.07, 6.45) is 0. The fraction of sp³-hybridized carbons (Fsp3) is 0.278. The number of thiazole rings is 1. The average Bonchev–Trinajstić information content (AvgIpc) is 3.29. The van der Waals surface area contributed by atoms with E-state index in [0.717, 1.165) is 16.0 Å². The van der Waals surface area contributed by atoms with Crippen LogP contribution in [0.15, 0.2) is 35.3 Å². The zero-order valence-electron chi connectivity index (χ0n) is 15.6. The first-order chi connectivity index (χ1) is 13.9. The monoisotopic (exact) mass is 435 g/mol. The standard InChI is InChI=1S/C18H17N3O6S2/c1-3-26-11-6-5-7-12-16(11)20(10-15(22)27-4-2)18(29-12)19-17(23)13-8-9-14(28-13)21(24)25/h5-9H,3-4,10H2,1-2H3. The minimum absolute atomic E-state index is 0.141. The van der Waals surface area contributed by atoms with E-state index in [1.807, 2.05) is 19.1 Å². The Kier molecular flexibility index (Phi) is 6.39. The molecule has 1 amide bonds. The van der Waals surface area contributed by atoms with Crippen LogP contribution in [0.25, 0.3) is 10.2 Å². The summed E-state index contributed by atoms with van der Waals surface area (Å²) in [5, 5.41) is 10.7. The van der Waals surface area contributed by atoms with Gasteiger partial charge in [0.05, 0.1) is 22.8 Å². The number of para-hydroxylation sites is 1. The van der Waals surface area contributed by atoms with Gasteiger partial charge in [0, 0.05) is 6.07 Å². The highest BCUT2D eigenvalue weighted by molar-refractivity contribution is 7.17. The first-order valence-electron chi connectivity index (χ1n) is 8.68. The van der Waals surface area contributed by atoms with E-state index in [2.05, 4.69) is 4.99 Å². The molecule has 3 aromatic rings. The van der Waals surface area contributed by atoms with Crippen molar-refractivity contribution in [2.24, 2.45) is 4.99 Å². The van der Waals surface area contributed by atoms with Crippen molar-refractivity contribution in [1.82, 2.24) is 4.57 Å². The maximum absolute atomic E-state index is 12.6. The molecule has 2 heterocycles. The molecule has 0 saturated heterocycles. The molecule has 29 heavy (non-hydrogen) atoms. The minimum Gasteiger partial charge on any atom is -0.492 e. The first kappa shape index (κ1) is 20.7. The Balaban J connectivity index is 2.13. The molecule has 0 aliphatic rings. The van der Waals surface area contributed by atoms with Crippen molar-refractivity contribution in [1.29, 1.82) is 0 Å². The number of benzene rings is 1. The number of amides is 1. The molecule has 2 aromatic heterocycles. The molecule has 0 aliphatic carbocycles. The molecule has 11 heteroatoms. The molecule has 9 nitrogen and oxygen atoms in total. The van der Waals surface area contributed by atoms with Crippen molar-refractivity contribution in [2.45, 2.75) is 20.4 Å². The third-order valence-corrected chi connectivity index (χ3v) is 5.80. The van der Waals surface area contributed by atoms with Crippen LogP contribution >= 0.6 is 22.7 Å². The Morgan fingerprint density at radius 3 is 2.62 bits per heavy atom. The summed E-state index contributed by atoms with van der Waals surface area (Å²) in [6, 6.07) is 8.05. The van der Waals surface area contributed by atoms with Crippen molar-refractivity contribution < 1.29 is 24.0 Å². The summed E-state index contributed by atoms with van der Waals surface area (Å²) in [5.74, 6) is -0.532. The summed E-state index contributed by atoms with van der Waals surface area (Å²) in [7, 11) is 0. The maximum Gasteiger partial charge on any atom is 0.326 e. The smallest absolute Gasteiger partial charge is 0.326 e. The third-order valence-electron chi connectivity index (χ3n) is 3.74. The lowest BCUT2D eigenvalue weighted by atomic mass is 10.3. The molecule has 0 bridgehead atoms. The van der Waals surface area contributed by atoms with Crippen molar-refractivity contribution in [2.75, 3.05) is 13.2 Å². The van der Waals surface area contributed by atoms with E-state index in [9.17, 15) is 19.7 Å². The van der Waals surface area contributed by atoms with E-state index in [1.165, 1.54) is 23.5 Å². The van der Waals surface area contributed by atoms with Crippen LogP contribution in [0, 0.1) is 10.1 Å². The minimum atomic E-state index is -0.620. The number of aromatic nitrogens is 1. The second-order valence-electron chi connectivity index (χ2n) is 5.62. The van der Waals surface area contributed by atoms with Gasteiger partial charge < -0.3 is 14.0 Å². The number of hydrogen-bond donors (Lipinski definition) is 0. The molecule has 0 radical (unpaired) electrons. The highest BCUT2D eigenvalue weighted by Crippen LogP contribution is 2.28. The van der Waals surface area contributed by atoms with E-state index in [1.54, 1.807) is 17.6 Å². The van der Waals surface area contributed by atoms with Gasteiger partial charge in [-0.05, 0) is 32.0 Å². The lowest BCUT2D eigenvalue weighted by Crippen LogP contribution is -2.23. The Hall–Kier alpha value is -3.05. The van der Waals surface area contributed by atoms with E-state index < -0.39 is 16.8 Å². The molecular formula is C18H17N3O6S2. The van der Waals surface area contributed by atoms with Crippen LogP contribution < -0.4 is 9.54 Å². The molecule has 0 N–H and O–H groups in total. The predicted octanol–water partition coefficient (Wildman–Crippen LogP) is 3.38. The van der Waals surface area contributed by atoms with Gasteiger partial charge in [0.25, 0.3) is 5.91 Å². The topological polar surface area (TPSA) is 113 Å². The third kappa shape index (κ3) is 4.51. The van der Waals surface area contributed by atoms with Crippen molar-refractivity contribution in [3.05, 3.63) is 50.1 Å². The molecule has 0 aliphatic heterocycles. The molecule has 0 saturated carbocycles. The highest BCUT2D eigenvalue weighted by atomic mass is 32.1. The molecule has 0 unspecified atom stereocenters. The molecule has 3 rings (SSSR count). The largest absolute Gasteiger partial charge is 0.492 e. The van der Waals surface area contributed by atoms with Gasteiger partial charge in [0.1, 0.15) is 22.7 Å². The fourth-order valence-corrected chi connectivity index (χ4v) is 4.37. The number of rotatable bonds is 7. The average molecular weight is 435 g/mol. The molecule has 1 aromatic carbocycles. The molecule has 152 valence electrons. The van der Waals surface area contributed by atoms with E-state index in [0.29, 0.717) is 17.9 Å². The van der Waals surface area contributed by atoms with Gasteiger partial charge >= 0.3 is 11.0 Å². The number of nitrogens with zero attached hydrogens (tertiary/aromatic N) is 3. The summed E-state index contributed by atoms with van der Waals surface area (Å²) < 4.78 is 13.1. The second-order valence-corrected chi connectivity index (χ2v) is 7.69. The summed E-state index contributed by atoms with van der Waals surface area (Å²) >= 11 is 1.97. The number of carbonyl (C=O) groups is 2. The molecule has 0 fully saturated rings. The Bertz CT molecular complexity index is 1140. The number of esters is 1. The number of nitro groups is 1. The fourth-order valence-electron chi connectivity index (χ4n) is 2.62. The number of thiophene rings is 1. The van der Waals surface area contributed by atoms with Gasteiger partial charge in [-0.3, -0.25) is 19.7 Å². The van der Waals surface area contributed by atoms with Crippen molar-refractivity contribution in [3.63, 3.8) is 0 Å². The van der Waals surface area contributed by atoms with Crippen LogP contribution in [0.3, 0.4) is 0 Å².